The second-order valence-electron chi connectivity index (χ2n) is 5.71. The molecule has 1 aliphatic rings. The minimum atomic E-state index is -0.483. The van der Waals surface area contributed by atoms with Crippen LogP contribution in [-0.2, 0) is 4.74 Å². The van der Waals surface area contributed by atoms with Gasteiger partial charge in [0.05, 0.1) is 12.2 Å². The van der Waals surface area contributed by atoms with Crippen LogP contribution in [-0.4, -0.2) is 48.8 Å². The van der Waals surface area contributed by atoms with Gasteiger partial charge < -0.3 is 4.74 Å². The molecule has 104 valence electrons. The van der Waals surface area contributed by atoms with Crippen LogP contribution in [0.25, 0.3) is 0 Å². The van der Waals surface area contributed by atoms with Gasteiger partial charge in [0.1, 0.15) is 5.54 Å². The van der Waals surface area contributed by atoms with E-state index >= 15 is 0 Å². The molecule has 0 spiro atoms. The molecular formula is C14H27N3O. The minimum Gasteiger partial charge on any atom is -0.377 e. The summed E-state index contributed by atoms with van der Waals surface area (Å²) >= 11 is 0. The molecule has 0 amide bonds. The summed E-state index contributed by atoms with van der Waals surface area (Å²) in [5.74, 6) is 0. The highest BCUT2D eigenvalue weighted by Gasteiger charge is 2.28. The number of hydrogen-bond acceptors (Lipinski definition) is 4. The Bertz CT molecular complexity index is 281. The van der Waals surface area contributed by atoms with Gasteiger partial charge in [-0.2, -0.15) is 5.26 Å². The van der Waals surface area contributed by atoms with Gasteiger partial charge in [-0.1, -0.05) is 6.92 Å². The second-order valence-corrected chi connectivity index (χ2v) is 5.71. The van der Waals surface area contributed by atoms with Crippen LogP contribution in [0.5, 0.6) is 0 Å². The van der Waals surface area contributed by atoms with Gasteiger partial charge in [-0.25, -0.2) is 0 Å². The van der Waals surface area contributed by atoms with Crippen molar-refractivity contribution in [2.45, 2.75) is 58.2 Å². The third-order valence-electron chi connectivity index (χ3n) is 3.33. The van der Waals surface area contributed by atoms with E-state index in [1.165, 1.54) is 6.42 Å². The standard InChI is InChI=1S/C14H27N3O/c1-5-17(9-13-7-6-8-18-13)11-14(4,10-15)16-12(2)3/h12-13,16H,5-9,11H2,1-4H3. The van der Waals surface area contributed by atoms with E-state index in [0.29, 0.717) is 12.1 Å². The lowest BCUT2D eigenvalue weighted by Crippen LogP contribution is -2.53. The maximum atomic E-state index is 9.37. The molecule has 0 aliphatic carbocycles. The van der Waals surface area contributed by atoms with Crippen LogP contribution >= 0.6 is 0 Å². The topological polar surface area (TPSA) is 48.3 Å². The summed E-state index contributed by atoms with van der Waals surface area (Å²) in [4.78, 5) is 2.31. The first-order valence-corrected chi connectivity index (χ1v) is 7.02. The Balaban J connectivity index is 2.51. The Labute approximate surface area is 111 Å². The van der Waals surface area contributed by atoms with Gasteiger partial charge >= 0.3 is 0 Å². The third kappa shape index (κ3) is 4.93. The molecule has 2 unspecified atom stereocenters. The van der Waals surface area contributed by atoms with Crippen molar-refractivity contribution in [3.8, 4) is 6.07 Å². The van der Waals surface area contributed by atoms with Crippen molar-refractivity contribution < 1.29 is 4.74 Å². The van der Waals surface area contributed by atoms with E-state index in [2.05, 4.69) is 37.1 Å². The van der Waals surface area contributed by atoms with Crippen LogP contribution in [0.2, 0.25) is 0 Å². The molecule has 18 heavy (non-hydrogen) atoms. The Hall–Kier alpha value is -0.630. The summed E-state index contributed by atoms with van der Waals surface area (Å²) in [7, 11) is 0. The summed E-state index contributed by atoms with van der Waals surface area (Å²) < 4.78 is 5.67. The average molecular weight is 253 g/mol. The number of nitrogens with zero attached hydrogens (tertiary/aromatic N) is 2. The summed E-state index contributed by atoms with van der Waals surface area (Å²) in [6.07, 6.45) is 2.67. The third-order valence-corrected chi connectivity index (χ3v) is 3.33. The van der Waals surface area contributed by atoms with Gasteiger partial charge in [-0.15, -0.1) is 0 Å². The van der Waals surface area contributed by atoms with Gasteiger partial charge in [-0.3, -0.25) is 10.2 Å². The molecule has 1 fully saturated rings. The van der Waals surface area contributed by atoms with Crippen molar-refractivity contribution in [1.29, 1.82) is 5.26 Å². The first-order chi connectivity index (χ1) is 8.49. The Morgan fingerprint density at radius 3 is 2.72 bits per heavy atom. The second kappa shape index (κ2) is 7.08. The van der Waals surface area contributed by atoms with E-state index in [1.807, 2.05) is 6.92 Å². The predicted molar refractivity (Wildman–Crippen MR) is 73.4 cm³/mol. The molecule has 0 radical (unpaired) electrons. The first-order valence-electron chi connectivity index (χ1n) is 7.02. The molecule has 4 heteroatoms. The minimum absolute atomic E-state index is 0.316. The van der Waals surface area contributed by atoms with Crippen molar-refractivity contribution in [3.05, 3.63) is 0 Å². The van der Waals surface area contributed by atoms with Crippen LogP contribution in [0.3, 0.4) is 0 Å². The zero-order chi connectivity index (χ0) is 13.6. The summed E-state index contributed by atoms with van der Waals surface area (Å²) in [5.41, 5.74) is -0.483. The fraction of sp³-hybridized carbons (Fsp3) is 0.929. The molecular weight excluding hydrogens is 226 g/mol. The van der Waals surface area contributed by atoms with Crippen molar-refractivity contribution in [1.82, 2.24) is 10.2 Å². The molecule has 2 atom stereocenters. The van der Waals surface area contributed by atoms with E-state index in [9.17, 15) is 5.26 Å². The molecule has 0 aromatic rings. The molecule has 0 saturated carbocycles. The van der Waals surface area contributed by atoms with Crippen molar-refractivity contribution >= 4 is 0 Å². The van der Waals surface area contributed by atoms with Crippen LogP contribution in [0, 0.1) is 11.3 Å². The number of nitriles is 1. The van der Waals surface area contributed by atoms with Gasteiger partial charge in [0.25, 0.3) is 0 Å². The molecule has 1 aliphatic heterocycles. The number of nitrogens with one attached hydrogen (secondary N) is 1. The molecule has 1 rings (SSSR count). The van der Waals surface area contributed by atoms with Crippen molar-refractivity contribution in [3.63, 3.8) is 0 Å². The molecule has 1 heterocycles. The van der Waals surface area contributed by atoms with Crippen LogP contribution in [0.1, 0.15) is 40.5 Å². The van der Waals surface area contributed by atoms with Gasteiger partial charge in [0.15, 0.2) is 0 Å². The quantitative estimate of drug-likeness (QED) is 0.751. The Kier molecular flexibility index (Phi) is 6.07. The van der Waals surface area contributed by atoms with E-state index in [-0.39, 0.29) is 0 Å². The zero-order valence-electron chi connectivity index (χ0n) is 12.2. The Morgan fingerprint density at radius 2 is 2.28 bits per heavy atom. The summed E-state index contributed by atoms with van der Waals surface area (Å²) in [6, 6.07) is 2.72. The fourth-order valence-electron chi connectivity index (χ4n) is 2.58. The Morgan fingerprint density at radius 1 is 1.56 bits per heavy atom. The van der Waals surface area contributed by atoms with Crippen molar-refractivity contribution in [2.75, 3.05) is 26.2 Å². The van der Waals surface area contributed by atoms with Crippen LogP contribution in [0.4, 0.5) is 0 Å². The van der Waals surface area contributed by atoms with E-state index in [0.717, 1.165) is 32.7 Å². The molecule has 0 aromatic carbocycles. The zero-order valence-corrected chi connectivity index (χ0v) is 12.2. The van der Waals surface area contributed by atoms with E-state index in [4.69, 9.17) is 4.74 Å². The van der Waals surface area contributed by atoms with Gasteiger partial charge in [-0.05, 0) is 40.2 Å². The average Bonchev–Trinajstić information content (AvgIpc) is 2.80. The van der Waals surface area contributed by atoms with Crippen molar-refractivity contribution in [2.24, 2.45) is 0 Å². The number of hydrogen-bond donors (Lipinski definition) is 1. The first kappa shape index (κ1) is 15.4. The van der Waals surface area contributed by atoms with Crippen LogP contribution < -0.4 is 5.32 Å². The van der Waals surface area contributed by atoms with E-state index in [1.54, 1.807) is 0 Å². The summed E-state index contributed by atoms with van der Waals surface area (Å²) in [5, 5.41) is 12.7. The highest BCUT2D eigenvalue weighted by molar-refractivity contribution is 5.06. The van der Waals surface area contributed by atoms with E-state index < -0.39 is 5.54 Å². The number of ether oxygens (including phenoxy) is 1. The largest absolute Gasteiger partial charge is 0.377 e. The SMILES string of the molecule is CCN(CC1CCCO1)CC(C)(C#N)NC(C)C. The number of rotatable bonds is 7. The normalized spacial score (nSPS) is 23.3. The lowest BCUT2D eigenvalue weighted by atomic mass is 10.0. The monoisotopic (exact) mass is 253 g/mol. The van der Waals surface area contributed by atoms with Crippen LogP contribution in [0.15, 0.2) is 0 Å². The highest BCUT2D eigenvalue weighted by atomic mass is 16.5. The van der Waals surface area contributed by atoms with Gasteiger partial charge in [0.2, 0.25) is 0 Å². The molecule has 1 saturated heterocycles. The predicted octanol–water partition coefficient (Wildman–Crippen LogP) is 1.77. The number of likely N-dealkylation sites (N-methyl/N-ethyl adjacent to an activating group) is 1. The maximum absolute atomic E-state index is 9.37. The smallest absolute Gasteiger partial charge is 0.116 e. The molecule has 4 nitrogen and oxygen atoms in total. The molecule has 0 aromatic heterocycles. The molecule has 1 N–H and O–H groups in total. The summed E-state index contributed by atoms with van der Waals surface area (Å²) in [6.45, 7) is 11.8. The fourth-order valence-corrected chi connectivity index (χ4v) is 2.58. The maximum Gasteiger partial charge on any atom is 0.116 e. The lowest BCUT2D eigenvalue weighted by Gasteiger charge is -2.33. The van der Waals surface area contributed by atoms with Gasteiger partial charge in [0, 0.05) is 25.7 Å². The lowest BCUT2D eigenvalue weighted by molar-refractivity contribution is 0.0682. The highest BCUT2D eigenvalue weighted by Crippen LogP contribution is 2.15. The molecule has 0 bridgehead atoms.